The zero-order valence-corrected chi connectivity index (χ0v) is 12.5. The van der Waals surface area contributed by atoms with Crippen LogP contribution in [0.15, 0.2) is 24.3 Å². The van der Waals surface area contributed by atoms with Crippen LogP contribution in [0.5, 0.6) is 0 Å². The molecule has 0 aliphatic carbocycles. The second-order valence-electron chi connectivity index (χ2n) is 4.95. The van der Waals surface area contributed by atoms with Crippen LogP contribution in [-0.4, -0.2) is 29.4 Å². The number of aliphatic hydroxyl groups is 1. The van der Waals surface area contributed by atoms with Crippen LogP contribution < -0.4 is 5.32 Å². The van der Waals surface area contributed by atoms with Crippen LogP contribution in [0, 0.1) is 5.92 Å². The summed E-state index contributed by atoms with van der Waals surface area (Å²) in [5.41, 5.74) is 0.555. The topological polar surface area (TPSA) is 66.4 Å². The molecule has 0 spiro atoms. The van der Waals surface area contributed by atoms with Gasteiger partial charge in [-0.1, -0.05) is 18.5 Å². The Labute approximate surface area is 124 Å². The smallest absolute Gasteiger partial charge is 0.220 e. The Balaban J connectivity index is 2.41. The lowest BCUT2D eigenvalue weighted by atomic mass is 10.0. The van der Waals surface area contributed by atoms with E-state index in [0.717, 1.165) is 0 Å². The first-order valence-electron chi connectivity index (χ1n) is 6.63. The van der Waals surface area contributed by atoms with Crippen molar-refractivity contribution in [3.05, 3.63) is 34.9 Å². The molecule has 2 N–H and O–H groups in total. The molecule has 110 valence electrons. The van der Waals surface area contributed by atoms with Crippen LogP contribution in [0.2, 0.25) is 5.02 Å². The van der Waals surface area contributed by atoms with Gasteiger partial charge in [-0.05, 0) is 37.1 Å². The van der Waals surface area contributed by atoms with Crippen LogP contribution in [-0.2, 0) is 4.79 Å². The number of benzene rings is 1. The van der Waals surface area contributed by atoms with Gasteiger partial charge in [-0.2, -0.15) is 0 Å². The Morgan fingerprint density at radius 1 is 1.20 bits per heavy atom. The highest BCUT2D eigenvalue weighted by Crippen LogP contribution is 2.12. The fourth-order valence-electron chi connectivity index (χ4n) is 1.63. The molecule has 4 nitrogen and oxygen atoms in total. The average Bonchev–Trinajstić information content (AvgIpc) is 2.44. The van der Waals surface area contributed by atoms with E-state index < -0.39 is 0 Å². The van der Waals surface area contributed by atoms with Crippen molar-refractivity contribution in [1.82, 2.24) is 5.32 Å². The highest BCUT2D eigenvalue weighted by molar-refractivity contribution is 6.30. The van der Waals surface area contributed by atoms with E-state index in [4.69, 9.17) is 16.7 Å². The Morgan fingerprint density at radius 3 is 2.35 bits per heavy atom. The summed E-state index contributed by atoms with van der Waals surface area (Å²) in [5.74, 6) is -0.272. The fourth-order valence-corrected chi connectivity index (χ4v) is 1.76. The van der Waals surface area contributed by atoms with Gasteiger partial charge in [0.2, 0.25) is 5.91 Å². The van der Waals surface area contributed by atoms with Gasteiger partial charge in [-0.25, -0.2) is 0 Å². The molecule has 0 aliphatic rings. The third kappa shape index (κ3) is 5.31. The number of Topliss-reactive ketones (excluding diaryl/α,β-unsaturated/α-hetero) is 1. The van der Waals surface area contributed by atoms with Crippen molar-refractivity contribution in [3.8, 4) is 0 Å². The molecule has 1 amide bonds. The summed E-state index contributed by atoms with van der Waals surface area (Å²) in [7, 11) is 0. The summed E-state index contributed by atoms with van der Waals surface area (Å²) in [6.07, 6.45) is 0.303. The second kappa shape index (κ2) is 8.02. The fraction of sp³-hybridized carbons (Fsp3) is 0.467. The number of rotatable bonds is 7. The zero-order valence-electron chi connectivity index (χ0n) is 11.7. The summed E-state index contributed by atoms with van der Waals surface area (Å²) < 4.78 is 0. The van der Waals surface area contributed by atoms with E-state index in [0.29, 0.717) is 10.6 Å². The molecular weight excluding hydrogens is 278 g/mol. The number of hydrogen-bond acceptors (Lipinski definition) is 3. The van der Waals surface area contributed by atoms with Gasteiger partial charge >= 0.3 is 0 Å². The molecule has 20 heavy (non-hydrogen) atoms. The molecule has 0 bridgehead atoms. The van der Waals surface area contributed by atoms with Gasteiger partial charge in [0.05, 0.1) is 0 Å². The SMILES string of the molecule is CC(CO)C(C)NC(=O)CCC(=O)c1ccc(Cl)cc1. The third-order valence-electron chi connectivity index (χ3n) is 3.28. The van der Waals surface area contributed by atoms with E-state index in [9.17, 15) is 9.59 Å². The molecule has 0 radical (unpaired) electrons. The summed E-state index contributed by atoms with van der Waals surface area (Å²) in [5, 5.41) is 12.3. The number of aliphatic hydroxyl groups excluding tert-OH is 1. The summed E-state index contributed by atoms with van der Waals surface area (Å²) in [6.45, 7) is 3.70. The summed E-state index contributed by atoms with van der Waals surface area (Å²) in [6, 6.07) is 6.50. The molecule has 2 atom stereocenters. The minimum atomic E-state index is -0.180. The van der Waals surface area contributed by atoms with Crippen LogP contribution in [0.25, 0.3) is 0 Å². The van der Waals surface area contributed by atoms with E-state index >= 15 is 0 Å². The number of carbonyl (C=O) groups is 2. The Bertz CT molecular complexity index is 459. The first kappa shape index (κ1) is 16.7. The minimum absolute atomic E-state index is 0.00841. The number of ketones is 1. The van der Waals surface area contributed by atoms with Gasteiger partial charge in [0, 0.05) is 36.1 Å². The predicted molar refractivity (Wildman–Crippen MR) is 78.9 cm³/mol. The van der Waals surface area contributed by atoms with Gasteiger partial charge in [-0.15, -0.1) is 0 Å². The van der Waals surface area contributed by atoms with E-state index in [2.05, 4.69) is 5.32 Å². The normalized spacial score (nSPS) is 13.6. The molecule has 0 fully saturated rings. The average molecular weight is 298 g/mol. The highest BCUT2D eigenvalue weighted by atomic mass is 35.5. The Morgan fingerprint density at radius 2 is 1.80 bits per heavy atom. The van der Waals surface area contributed by atoms with E-state index in [1.807, 2.05) is 13.8 Å². The monoisotopic (exact) mass is 297 g/mol. The lowest BCUT2D eigenvalue weighted by molar-refractivity contribution is -0.122. The lowest BCUT2D eigenvalue weighted by Crippen LogP contribution is -2.38. The molecule has 0 aliphatic heterocycles. The van der Waals surface area contributed by atoms with Gasteiger partial charge in [0.1, 0.15) is 0 Å². The van der Waals surface area contributed by atoms with Crippen molar-refractivity contribution < 1.29 is 14.7 Å². The van der Waals surface area contributed by atoms with Gasteiger partial charge in [0.25, 0.3) is 0 Å². The Kier molecular flexibility index (Phi) is 6.68. The minimum Gasteiger partial charge on any atom is -0.396 e. The van der Waals surface area contributed by atoms with Crippen molar-refractivity contribution >= 4 is 23.3 Å². The lowest BCUT2D eigenvalue weighted by Gasteiger charge is -2.19. The molecule has 1 aromatic rings. The van der Waals surface area contributed by atoms with Crippen molar-refractivity contribution in [1.29, 1.82) is 0 Å². The zero-order chi connectivity index (χ0) is 15.1. The van der Waals surface area contributed by atoms with Gasteiger partial charge in [0.15, 0.2) is 5.78 Å². The largest absolute Gasteiger partial charge is 0.396 e. The molecule has 1 aromatic carbocycles. The number of nitrogens with one attached hydrogen (secondary N) is 1. The van der Waals surface area contributed by atoms with E-state index in [1.54, 1.807) is 24.3 Å². The highest BCUT2D eigenvalue weighted by Gasteiger charge is 2.15. The van der Waals surface area contributed by atoms with Crippen LogP contribution in [0.3, 0.4) is 0 Å². The summed E-state index contributed by atoms with van der Waals surface area (Å²) >= 11 is 5.75. The maximum absolute atomic E-state index is 11.9. The standard InChI is InChI=1S/C15H20ClNO3/c1-10(9-18)11(2)17-15(20)8-7-14(19)12-3-5-13(16)6-4-12/h3-6,10-11,18H,7-9H2,1-2H3,(H,17,20). The van der Waals surface area contributed by atoms with E-state index in [-0.39, 0.29) is 43.1 Å². The molecule has 5 heteroatoms. The maximum Gasteiger partial charge on any atom is 0.220 e. The molecule has 0 saturated carbocycles. The van der Waals surface area contributed by atoms with Crippen molar-refractivity contribution in [2.24, 2.45) is 5.92 Å². The second-order valence-corrected chi connectivity index (χ2v) is 5.38. The number of halogens is 1. The molecule has 0 heterocycles. The summed E-state index contributed by atoms with van der Waals surface area (Å²) in [4.78, 5) is 23.6. The molecule has 1 rings (SSSR count). The quantitative estimate of drug-likeness (QED) is 0.760. The first-order valence-corrected chi connectivity index (χ1v) is 7.00. The predicted octanol–water partition coefficient (Wildman–Crippen LogP) is 2.44. The maximum atomic E-state index is 11.9. The van der Waals surface area contributed by atoms with Crippen molar-refractivity contribution in [2.45, 2.75) is 32.7 Å². The number of carbonyl (C=O) groups excluding carboxylic acids is 2. The van der Waals surface area contributed by atoms with E-state index in [1.165, 1.54) is 0 Å². The first-order chi connectivity index (χ1) is 9.43. The molecular formula is C15H20ClNO3. The van der Waals surface area contributed by atoms with Gasteiger partial charge in [-0.3, -0.25) is 9.59 Å². The molecule has 2 unspecified atom stereocenters. The van der Waals surface area contributed by atoms with Crippen LogP contribution in [0.4, 0.5) is 0 Å². The molecule has 0 aromatic heterocycles. The van der Waals surface area contributed by atoms with Crippen LogP contribution in [0.1, 0.15) is 37.0 Å². The number of hydrogen-bond donors (Lipinski definition) is 2. The van der Waals surface area contributed by atoms with Crippen molar-refractivity contribution in [3.63, 3.8) is 0 Å². The van der Waals surface area contributed by atoms with Crippen LogP contribution >= 0.6 is 11.6 Å². The third-order valence-corrected chi connectivity index (χ3v) is 3.53. The van der Waals surface area contributed by atoms with Crippen molar-refractivity contribution in [2.75, 3.05) is 6.61 Å². The number of amides is 1. The van der Waals surface area contributed by atoms with Gasteiger partial charge < -0.3 is 10.4 Å². The molecule has 0 saturated heterocycles. The Hall–Kier alpha value is -1.39.